The van der Waals surface area contributed by atoms with Gasteiger partial charge in [-0.15, -0.1) is 6.58 Å². The Hall–Kier alpha value is -1.96. The van der Waals surface area contributed by atoms with Gasteiger partial charge in [0.1, 0.15) is 0 Å². The van der Waals surface area contributed by atoms with Crippen molar-refractivity contribution in [2.45, 2.75) is 12.6 Å². The molecular weight excluding hydrogens is 229 g/mol. The van der Waals surface area contributed by atoms with Crippen LogP contribution in [0.1, 0.15) is 17.5 Å². The summed E-state index contributed by atoms with van der Waals surface area (Å²) in [6, 6.07) is 4.98. The van der Waals surface area contributed by atoms with Crippen molar-refractivity contribution in [2.75, 3.05) is 11.9 Å². The smallest absolute Gasteiger partial charge is 0.385 e. The third-order valence-corrected chi connectivity index (χ3v) is 2.12. The standard InChI is InChI=1S/C12H11F3N2/c1-2-3-6-17-10-4-5-11(12(13,14)15)9(7-10)8-16/h2,4-5,7,17H,1,3,6H2. The summed E-state index contributed by atoms with van der Waals surface area (Å²) >= 11 is 0. The predicted molar refractivity (Wildman–Crippen MR) is 59.5 cm³/mol. The van der Waals surface area contributed by atoms with Crippen LogP contribution in [0.5, 0.6) is 0 Å². The van der Waals surface area contributed by atoms with Crippen LogP contribution in [0.2, 0.25) is 0 Å². The van der Waals surface area contributed by atoms with Crippen LogP contribution >= 0.6 is 0 Å². The van der Waals surface area contributed by atoms with Gasteiger partial charge < -0.3 is 5.32 Å². The average molecular weight is 240 g/mol. The Morgan fingerprint density at radius 1 is 1.41 bits per heavy atom. The molecule has 0 bridgehead atoms. The Labute approximate surface area is 97.4 Å². The first-order chi connectivity index (χ1) is 7.99. The molecule has 1 N–H and O–H groups in total. The van der Waals surface area contributed by atoms with Crippen molar-refractivity contribution < 1.29 is 13.2 Å². The number of rotatable bonds is 4. The average Bonchev–Trinajstić information content (AvgIpc) is 2.28. The van der Waals surface area contributed by atoms with Gasteiger partial charge in [0, 0.05) is 12.2 Å². The molecule has 1 aromatic rings. The van der Waals surface area contributed by atoms with Crippen LogP contribution in [-0.2, 0) is 6.18 Å². The molecule has 0 atom stereocenters. The van der Waals surface area contributed by atoms with Gasteiger partial charge in [0.25, 0.3) is 0 Å². The van der Waals surface area contributed by atoms with Crippen LogP contribution in [0.3, 0.4) is 0 Å². The summed E-state index contributed by atoms with van der Waals surface area (Å²) in [5, 5.41) is 11.6. The maximum absolute atomic E-state index is 12.5. The van der Waals surface area contributed by atoms with Crippen LogP contribution in [0.25, 0.3) is 0 Å². The summed E-state index contributed by atoms with van der Waals surface area (Å²) in [5.74, 6) is 0. The summed E-state index contributed by atoms with van der Waals surface area (Å²) in [4.78, 5) is 0. The van der Waals surface area contributed by atoms with Crippen molar-refractivity contribution in [3.8, 4) is 6.07 Å². The monoisotopic (exact) mass is 240 g/mol. The molecule has 0 aliphatic rings. The van der Waals surface area contributed by atoms with E-state index in [0.29, 0.717) is 18.7 Å². The van der Waals surface area contributed by atoms with Crippen LogP contribution in [-0.4, -0.2) is 6.54 Å². The van der Waals surface area contributed by atoms with E-state index in [1.165, 1.54) is 12.1 Å². The minimum Gasteiger partial charge on any atom is -0.385 e. The number of halogens is 3. The van der Waals surface area contributed by atoms with Crippen LogP contribution in [0.4, 0.5) is 18.9 Å². The van der Waals surface area contributed by atoms with Crippen molar-refractivity contribution >= 4 is 5.69 Å². The molecule has 0 unspecified atom stereocenters. The van der Waals surface area contributed by atoms with E-state index in [1.807, 2.05) is 0 Å². The summed E-state index contributed by atoms with van der Waals surface area (Å²) in [5.41, 5.74) is -0.785. The highest BCUT2D eigenvalue weighted by Gasteiger charge is 2.33. The molecule has 17 heavy (non-hydrogen) atoms. The number of hydrogen-bond donors (Lipinski definition) is 1. The van der Waals surface area contributed by atoms with E-state index >= 15 is 0 Å². The van der Waals surface area contributed by atoms with Gasteiger partial charge in [-0.05, 0) is 24.6 Å². The molecule has 2 nitrogen and oxygen atoms in total. The summed E-state index contributed by atoms with van der Waals surface area (Å²) in [6.07, 6.45) is -2.10. The van der Waals surface area contributed by atoms with Gasteiger partial charge in [0.2, 0.25) is 0 Å². The van der Waals surface area contributed by atoms with Crippen LogP contribution in [0, 0.1) is 11.3 Å². The number of nitrogens with zero attached hydrogens (tertiary/aromatic N) is 1. The summed E-state index contributed by atoms with van der Waals surface area (Å²) in [7, 11) is 0. The first-order valence-corrected chi connectivity index (χ1v) is 4.95. The molecule has 5 heteroatoms. The predicted octanol–water partition coefficient (Wildman–Crippen LogP) is 3.57. The molecule has 0 aliphatic heterocycles. The van der Waals surface area contributed by atoms with E-state index in [4.69, 9.17) is 5.26 Å². The molecule has 0 spiro atoms. The van der Waals surface area contributed by atoms with Gasteiger partial charge in [-0.25, -0.2) is 0 Å². The number of benzene rings is 1. The summed E-state index contributed by atoms with van der Waals surface area (Å²) < 4.78 is 37.5. The second-order valence-corrected chi connectivity index (χ2v) is 3.37. The van der Waals surface area contributed by atoms with Gasteiger partial charge in [-0.3, -0.25) is 0 Å². The Bertz CT molecular complexity index is 444. The lowest BCUT2D eigenvalue weighted by atomic mass is 10.1. The highest BCUT2D eigenvalue weighted by atomic mass is 19.4. The lowest BCUT2D eigenvalue weighted by Gasteiger charge is -2.11. The molecule has 0 saturated carbocycles. The van der Waals surface area contributed by atoms with Gasteiger partial charge >= 0.3 is 6.18 Å². The van der Waals surface area contributed by atoms with E-state index < -0.39 is 11.7 Å². The van der Waals surface area contributed by atoms with Crippen LogP contribution in [0.15, 0.2) is 30.9 Å². The Balaban J connectivity index is 2.94. The van der Waals surface area contributed by atoms with E-state index in [-0.39, 0.29) is 5.56 Å². The number of nitriles is 1. The van der Waals surface area contributed by atoms with Gasteiger partial charge in [0.05, 0.1) is 17.2 Å². The number of alkyl halides is 3. The number of hydrogen-bond acceptors (Lipinski definition) is 2. The summed E-state index contributed by atoms with van der Waals surface area (Å²) in [6.45, 7) is 4.10. The van der Waals surface area contributed by atoms with Crippen molar-refractivity contribution in [1.82, 2.24) is 0 Å². The van der Waals surface area contributed by atoms with E-state index in [1.54, 1.807) is 12.1 Å². The minimum absolute atomic E-state index is 0.374. The molecule has 0 saturated heterocycles. The molecule has 1 rings (SSSR count). The van der Waals surface area contributed by atoms with E-state index in [9.17, 15) is 13.2 Å². The Morgan fingerprint density at radius 3 is 2.65 bits per heavy atom. The number of nitrogens with one attached hydrogen (secondary N) is 1. The van der Waals surface area contributed by atoms with Crippen molar-refractivity contribution in [1.29, 1.82) is 5.26 Å². The maximum Gasteiger partial charge on any atom is 0.417 e. The normalized spacial score (nSPS) is 10.7. The third-order valence-electron chi connectivity index (χ3n) is 2.12. The fourth-order valence-electron chi connectivity index (χ4n) is 1.31. The van der Waals surface area contributed by atoms with Crippen molar-refractivity contribution in [3.63, 3.8) is 0 Å². The van der Waals surface area contributed by atoms with Gasteiger partial charge in [-0.2, -0.15) is 18.4 Å². The zero-order valence-electron chi connectivity index (χ0n) is 9.01. The number of anilines is 1. The topological polar surface area (TPSA) is 35.8 Å². The zero-order chi connectivity index (χ0) is 12.9. The Morgan fingerprint density at radius 2 is 2.12 bits per heavy atom. The van der Waals surface area contributed by atoms with E-state index in [0.717, 1.165) is 6.07 Å². The minimum atomic E-state index is -4.50. The molecule has 0 heterocycles. The highest BCUT2D eigenvalue weighted by Crippen LogP contribution is 2.32. The first-order valence-electron chi connectivity index (χ1n) is 4.95. The van der Waals surface area contributed by atoms with Crippen molar-refractivity contribution in [2.24, 2.45) is 0 Å². The molecule has 1 aromatic carbocycles. The SMILES string of the molecule is C=CCCNc1ccc(C(F)(F)F)c(C#N)c1. The van der Waals surface area contributed by atoms with E-state index in [2.05, 4.69) is 11.9 Å². The maximum atomic E-state index is 12.5. The van der Waals surface area contributed by atoms with Crippen molar-refractivity contribution in [3.05, 3.63) is 42.0 Å². The lowest BCUT2D eigenvalue weighted by molar-refractivity contribution is -0.137. The Kier molecular flexibility index (Phi) is 4.16. The molecule has 0 fully saturated rings. The fourth-order valence-corrected chi connectivity index (χ4v) is 1.31. The van der Waals surface area contributed by atoms with Gasteiger partial charge in [0.15, 0.2) is 0 Å². The molecule has 0 radical (unpaired) electrons. The largest absolute Gasteiger partial charge is 0.417 e. The molecule has 0 aromatic heterocycles. The molecule has 0 aliphatic carbocycles. The molecule has 0 amide bonds. The first kappa shape index (κ1) is 13.1. The second kappa shape index (κ2) is 5.39. The van der Waals surface area contributed by atoms with Gasteiger partial charge in [-0.1, -0.05) is 6.08 Å². The lowest BCUT2D eigenvalue weighted by Crippen LogP contribution is -2.09. The fraction of sp³-hybridized carbons (Fsp3) is 0.250. The van der Waals surface area contributed by atoms with Crippen LogP contribution < -0.4 is 5.32 Å². The quantitative estimate of drug-likeness (QED) is 0.645. The molecule has 90 valence electrons. The zero-order valence-corrected chi connectivity index (χ0v) is 9.01. The highest BCUT2D eigenvalue weighted by molar-refractivity contribution is 5.53. The molecular formula is C12H11F3N2. The second-order valence-electron chi connectivity index (χ2n) is 3.37. The third kappa shape index (κ3) is 3.52.